The molecule has 2 aromatic carbocycles. The Balaban J connectivity index is 1.29. The van der Waals surface area contributed by atoms with Gasteiger partial charge in [0.25, 0.3) is 5.91 Å². The zero-order chi connectivity index (χ0) is 23.2. The molecule has 2 unspecified atom stereocenters. The van der Waals surface area contributed by atoms with Crippen molar-refractivity contribution >= 4 is 17.7 Å². The van der Waals surface area contributed by atoms with Crippen molar-refractivity contribution in [3.05, 3.63) is 70.8 Å². The number of piperidine rings is 2. The molecule has 5 rings (SSSR count). The number of carbonyl (C=O) groups excluding carboxylic acids is 3. The maximum absolute atomic E-state index is 12.9. The van der Waals surface area contributed by atoms with Gasteiger partial charge in [0.05, 0.1) is 5.60 Å². The Morgan fingerprint density at radius 2 is 1.79 bits per heavy atom. The van der Waals surface area contributed by atoms with Crippen LogP contribution in [0.25, 0.3) is 0 Å². The van der Waals surface area contributed by atoms with E-state index in [0.29, 0.717) is 31.4 Å². The number of nitrogens with one attached hydrogen (secondary N) is 1. The fourth-order valence-corrected chi connectivity index (χ4v) is 5.38. The van der Waals surface area contributed by atoms with Gasteiger partial charge < -0.3 is 10.0 Å². The van der Waals surface area contributed by atoms with Gasteiger partial charge in [-0.1, -0.05) is 42.5 Å². The summed E-state index contributed by atoms with van der Waals surface area (Å²) in [7, 11) is 0. The van der Waals surface area contributed by atoms with Crippen LogP contribution in [0.3, 0.4) is 0 Å². The first-order valence-corrected chi connectivity index (χ1v) is 11.7. The summed E-state index contributed by atoms with van der Waals surface area (Å²) in [5, 5.41) is 13.8. The Hall–Kier alpha value is -3.03. The number of imide groups is 1. The number of nitrogens with zero attached hydrogens (tertiary/aromatic N) is 2. The van der Waals surface area contributed by atoms with Crippen molar-refractivity contribution in [1.29, 1.82) is 0 Å². The zero-order valence-electron chi connectivity index (χ0n) is 18.8. The molecular weight excluding hydrogens is 418 g/mol. The van der Waals surface area contributed by atoms with Crippen molar-refractivity contribution in [2.75, 3.05) is 13.1 Å². The summed E-state index contributed by atoms with van der Waals surface area (Å²) in [5.41, 5.74) is 2.56. The summed E-state index contributed by atoms with van der Waals surface area (Å²) < 4.78 is 0. The minimum Gasteiger partial charge on any atom is -0.385 e. The first kappa shape index (κ1) is 21.8. The number of hydrogen-bond donors (Lipinski definition) is 2. The van der Waals surface area contributed by atoms with Crippen LogP contribution >= 0.6 is 0 Å². The van der Waals surface area contributed by atoms with E-state index in [4.69, 9.17) is 0 Å². The van der Waals surface area contributed by atoms with Crippen molar-refractivity contribution in [3.8, 4) is 0 Å². The molecule has 0 radical (unpaired) electrons. The Morgan fingerprint density at radius 1 is 1.06 bits per heavy atom. The molecule has 3 aliphatic rings. The monoisotopic (exact) mass is 447 g/mol. The average molecular weight is 448 g/mol. The highest BCUT2D eigenvalue weighted by Gasteiger charge is 2.41. The Labute approximate surface area is 193 Å². The SMILES string of the molecule is CC(c1ccccc1)N1CCC(O)(c2ccc3c(c2)CN(C2CCC(=O)NC2=O)C3=O)CC1. The fraction of sp³-hybridized carbons (Fsp3) is 0.423. The Kier molecular flexibility index (Phi) is 5.54. The zero-order valence-corrected chi connectivity index (χ0v) is 18.8. The van der Waals surface area contributed by atoms with Gasteiger partial charge in [-0.3, -0.25) is 24.6 Å². The lowest BCUT2D eigenvalue weighted by Crippen LogP contribution is -2.52. The normalized spacial score (nSPS) is 23.9. The molecule has 2 fully saturated rings. The van der Waals surface area contributed by atoms with Gasteiger partial charge in [0.1, 0.15) is 6.04 Å². The maximum atomic E-state index is 12.9. The van der Waals surface area contributed by atoms with E-state index >= 15 is 0 Å². The van der Waals surface area contributed by atoms with Gasteiger partial charge >= 0.3 is 0 Å². The molecule has 172 valence electrons. The molecule has 2 saturated heterocycles. The minimum absolute atomic E-state index is 0.190. The molecule has 0 spiro atoms. The third-order valence-electron chi connectivity index (χ3n) is 7.52. The molecule has 3 heterocycles. The molecule has 0 aromatic heterocycles. The van der Waals surface area contributed by atoms with E-state index < -0.39 is 17.6 Å². The van der Waals surface area contributed by atoms with Crippen molar-refractivity contribution in [3.63, 3.8) is 0 Å². The van der Waals surface area contributed by atoms with Gasteiger partial charge in [-0.15, -0.1) is 0 Å². The van der Waals surface area contributed by atoms with Crippen LogP contribution in [0.1, 0.15) is 65.7 Å². The van der Waals surface area contributed by atoms with E-state index in [9.17, 15) is 19.5 Å². The highest BCUT2D eigenvalue weighted by atomic mass is 16.3. The number of benzene rings is 2. The second kappa shape index (κ2) is 8.39. The molecule has 2 atom stereocenters. The molecule has 0 saturated carbocycles. The predicted octanol–water partition coefficient (Wildman–Crippen LogP) is 2.49. The first-order valence-electron chi connectivity index (χ1n) is 11.7. The number of hydrogen-bond acceptors (Lipinski definition) is 5. The van der Waals surface area contributed by atoms with Gasteiger partial charge in [-0.2, -0.15) is 0 Å². The van der Waals surface area contributed by atoms with E-state index in [1.807, 2.05) is 18.2 Å². The lowest BCUT2D eigenvalue weighted by molar-refractivity contribution is -0.136. The topological polar surface area (TPSA) is 89.9 Å². The average Bonchev–Trinajstić information content (AvgIpc) is 3.15. The lowest BCUT2D eigenvalue weighted by atomic mass is 9.82. The highest BCUT2D eigenvalue weighted by molar-refractivity contribution is 6.05. The molecule has 0 aliphatic carbocycles. The molecule has 0 bridgehead atoms. The quantitative estimate of drug-likeness (QED) is 0.703. The summed E-state index contributed by atoms with van der Waals surface area (Å²) in [6.07, 6.45) is 1.82. The molecule has 7 heteroatoms. The van der Waals surface area contributed by atoms with E-state index in [-0.39, 0.29) is 24.3 Å². The van der Waals surface area contributed by atoms with Crippen molar-refractivity contribution in [2.24, 2.45) is 0 Å². The van der Waals surface area contributed by atoms with Crippen LogP contribution in [0.5, 0.6) is 0 Å². The standard InChI is InChI=1S/C26H29N3O4/c1-17(18-5-3-2-4-6-18)28-13-11-26(33,12-14-28)20-7-8-21-19(15-20)16-29(25(21)32)22-9-10-23(30)27-24(22)31/h2-8,15,17,22,33H,9-14,16H2,1H3,(H,27,30,31). The fourth-order valence-electron chi connectivity index (χ4n) is 5.38. The molecule has 3 amide bonds. The molecule has 2 N–H and O–H groups in total. The minimum atomic E-state index is -0.937. The van der Waals surface area contributed by atoms with Crippen LogP contribution in [-0.4, -0.2) is 51.8 Å². The van der Waals surface area contributed by atoms with Crippen LogP contribution in [0, 0.1) is 0 Å². The van der Waals surface area contributed by atoms with Crippen LogP contribution in [0.15, 0.2) is 48.5 Å². The number of amides is 3. The summed E-state index contributed by atoms with van der Waals surface area (Å²) in [6, 6.07) is 15.6. The predicted molar refractivity (Wildman–Crippen MR) is 122 cm³/mol. The van der Waals surface area contributed by atoms with E-state index in [0.717, 1.165) is 24.2 Å². The summed E-state index contributed by atoms with van der Waals surface area (Å²) in [5.74, 6) is -0.895. The van der Waals surface area contributed by atoms with Crippen molar-refractivity contribution in [2.45, 2.75) is 56.8 Å². The molecule has 3 aliphatic heterocycles. The number of rotatable bonds is 4. The third-order valence-corrected chi connectivity index (χ3v) is 7.52. The van der Waals surface area contributed by atoms with E-state index in [1.54, 1.807) is 11.0 Å². The van der Waals surface area contributed by atoms with Gasteiger partial charge in [-0.05, 0) is 48.9 Å². The summed E-state index contributed by atoms with van der Waals surface area (Å²) >= 11 is 0. The van der Waals surface area contributed by atoms with Crippen LogP contribution in [-0.2, 0) is 21.7 Å². The van der Waals surface area contributed by atoms with Crippen molar-refractivity contribution < 1.29 is 19.5 Å². The summed E-state index contributed by atoms with van der Waals surface area (Å²) in [6.45, 7) is 4.09. The van der Waals surface area contributed by atoms with E-state index in [2.05, 4.69) is 41.4 Å². The number of fused-ring (bicyclic) bond motifs is 1. The molecular formula is C26H29N3O4. The number of carbonyl (C=O) groups is 3. The Morgan fingerprint density at radius 3 is 2.48 bits per heavy atom. The second-order valence-corrected chi connectivity index (χ2v) is 9.43. The lowest BCUT2D eigenvalue weighted by Gasteiger charge is -2.41. The number of aliphatic hydroxyl groups is 1. The molecule has 7 nitrogen and oxygen atoms in total. The van der Waals surface area contributed by atoms with Crippen LogP contribution in [0.2, 0.25) is 0 Å². The second-order valence-electron chi connectivity index (χ2n) is 9.43. The van der Waals surface area contributed by atoms with Gasteiger partial charge in [0.15, 0.2) is 0 Å². The van der Waals surface area contributed by atoms with E-state index in [1.165, 1.54) is 5.56 Å². The highest BCUT2D eigenvalue weighted by Crippen LogP contribution is 2.38. The summed E-state index contributed by atoms with van der Waals surface area (Å²) in [4.78, 5) is 40.6. The maximum Gasteiger partial charge on any atom is 0.255 e. The third kappa shape index (κ3) is 3.96. The van der Waals surface area contributed by atoms with Gasteiger partial charge in [0.2, 0.25) is 11.8 Å². The smallest absolute Gasteiger partial charge is 0.255 e. The van der Waals surface area contributed by atoms with Crippen LogP contribution in [0.4, 0.5) is 0 Å². The molecule has 2 aromatic rings. The number of likely N-dealkylation sites (tertiary alicyclic amines) is 1. The van der Waals surface area contributed by atoms with Crippen molar-refractivity contribution in [1.82, 2.24) is 15.1 Å². The largest absolute Gasteiger partial charge is 0.385 e. The van der Waals surface area contributed by atoms with Gasteiger partial charge in [-0.25, -0.2) is 0 Å². The molecule has 33 heavy (non-hydrogen) atoms. The first-order chi connectivity index (χ1) is 15.9. The van der Waals surface area contributed by atoms with Crippen LogP contribution < -0.4 is 5.32 Å². The Bertz CT molecular complexity index is 1090. The van der Waals surface area contributed by atoms with Gasteiger partial charge in [0, 0.05) is 37.7 Å².